The maximum atomic E-state index is 6.24. The highest BCUT2D eigenvalue weighted by atomic mass is 35.5. The lowest BCUT2D eigenvalue weighted by atomic mass is 10.0. The van der Waals surface area contributed by atoms with E-state index in [9.17, 15) is 0 Å². The van der Waals surface area contributed by atoms with Gasteiger partial charge in [-0.1, -0.05) is 89.9 Å². The van der Waals surface area contributed by atoms with Gasteiger partial charge in [-0.3, -0.25) is 0 Å². The summed E-state index contributed by atoms with van der Waals surface area (Å²) in [5, 5.41) is 10.5. The van der Waals surface area contributed by atoms with Gasteiger partial charge in [-0.2, -0.15) is 5.10 Å². The summed E-state index contributed by atoms with van der Waals surface area (Å²) in [6, 6.07) is 27.7. The Morgan fingerprint density at radius 2 is 1.71 bits per heavy atom. The molecule has 0 atom stereocenters. The molecule has 0 aliphatic carbocycles. The molecular formula is C26H20Cl2N4OS. The van der Waals surface area contributed by atoms with Crippen LogP contribution >= 0.6 is 35.4 Å². The largest absolute Gasteiger partial charge is 0.489 e. The molecule has 34 heavy (non-hydrogen) atoms. The molecule has 0 saturated carbocycles. The molecule has 5 aromatic rings. The van der Waals surface area contributed by atoms with Gasteiger partial charge >= 0.3 is 0 Å². The van der Waals surface area contributed by atoms with Crippen molar-refractivity contribution in [2.75, 3.05) is 5.43 Å². The summed E-state index contributed by atoms with van der Waals surface area (Å²) in [6.45, 7) is 0.842. The maximum Gasteiger partial charge on any atom is 0.214 e. The Balaban J connectivity index is 1.46. The van der Waals surface area contributed by atoms with Crippen LogP contribution in [0.15, 0.2) is 84.9 Å². The monoisotopic (exact) mass is 506 g/mol. The number of hydrogen-bond donors (Lipinski definition) is 2. The number of nitrogens with one attached hydrogen (secondary N) is 2. The first kappa shape index (κ1) is 22.5. The summed E-state index contributed by atoms with van der Waals surface area (Å²) >= 11 is 17.7. The predicted octanol–water partition coefficient (Wildman–Crippen LogP) is 7.39. The number of ether oxygens (including phenoxy) is 1. The van der Waals surface area contributed by atoms with E-state index in [4.69, 9.17) is 40.2 Å². The molecule has 0 bridgehead atoms. The van der Waals surface area contributed by atoms with Gasteiger partial charge in [-0.25, -0.2) is 9.77 Å². The Morgan fingerprint density at radius 3 is 2.53 bits per heavy atom. The molecule has 0 aliphatic rings. The van der Waals surface area contributed by atoms with Crippen molar-refractivity contribution in [3.05, 3.63) is 111 Å². The van der Waals surface area contributed by atoms with E-state index in [1.165, 1.54) is 0 Å². The van der Waals surface area contributed by atoms with Gasteiger partial charge in [0.2, 0.25) is 4.77 Å². The first-order valence-electron chi connectivity index (χ1n) is 10.6. The van der Waals surface area contributed by atoms with Crippen LogP contribution in [0.5, 0.6) is 5.75 Å². The smallest absolute Gasteiger partial charge is 0.214 e. The average Bonchev–Trinajstić information content (AvgIpc) is 3.24. The van der Waals surface area contributed by atoms with E-state index in [0.717, 1.165) is 33.2 Å². The van der Waals surface area contributed by atoms with Crippen LogP contribution in [-0.2, 0) is 13.2 Å². The second-order valence-corrected chi connectivity index (χ2v) is 8.89. The topological polar surface area (TPSA) is 54.9 Å². The molecule has 2 N–H and O–H groups in total. The highest BCUT2D eigenvalue weighted by Crippen LogP contribution is 2.30. The van der Waals surface area contributed by atoms with Crippen LogP contribution in [0.4, 0.5) is 0 Å². The lowest BCUT2D eigenvalue weighted by Crippen LogP contribution is -2.17. The van der Waals surface area contributed by atoms with Crippen LogP contribution in [0.25, 0.3) is 22.2 Å². The van der Waals surface area contributed by atoms with Crippen molar-refractivity contribution in [1.82, 2.24) is 14.9 Å². The van der Waals surface area contributed by atoms with Crippen molar-refractivity contribution in [2.24, 2.45) is 0 Å². The van der Waals surface area contributed by atoms with E-state index in [-0.39, 0.29) is 0 Å². The van der Waals surface area contributed by atoms with Gasteiger partial charge < -0.3 is 10.2 Å². The molecule has 5 rings (SSSR count). The van der Waals surface area contributed by atoms with Gasteiger partial charge in [0.05, 0.1) is 16.6 Å². The second kappa shape index (κ2) is 9.89. The van der Waals surface area contributed by atoms with E-state index in [1.807, 2.05) is 60.7 Å². The number of aromatic amines is 1. The summed E-state index contributed by atoms with van der Waals surface area (Å²) in [4.78, 5) is 0. The minimum absolute atomic E-state index is 0.364. The first-order valence-corrected chi connectivity index (χ1v) is 11.8. The first-order chi connectivity index (χ1) is 16.6. The molecule has 1 aromatic heterocycles. The SMILES string of the molecule is S=c1[nH]nc(-c2ccccc2)n1NCc1c(OCc2ccc(Cl)c(Cl)c2)ccc2ccccc12. The van der Waals surface area contributed by atoms with Crippen LogP contribution in [0, 0.1) is 4.77 Å². The van der Waals surface area contributed by atoms with Gasteiger partial charge in [0.15, 0.2) is 5.82 Å². The van der Waals surface area contributed by atoms with Crippen LogP contribution in [0.2, 0.25) is 10.0 Å². The summed E-state index contributed by atoms with van der Waals surface area (Å²) in [7, 11) is 0. The fraction of sp³-hybridized carbons (Fsp3) is 0.0769. The molecular weight excluding hydrogens is 487 g/mol. The predicted molar refractivity (Wildman–Crippen MR) is 141 cm³/mol. The van der Waals surface area contributed by atoms with Crippen molar-refractivity contribution in [1.29, 1.82) is 0 Å². The van der Waals surface area contributed by atoms with Crippen molar-refractivity contribution in [2.45, 2.75) is 13.2 Å². The van der Waals surface area contributed by atoms with Gasteiger partial charge in [-0.15, -0.1) is 0 Å². The molecule has 0 saturated heterocycles. The lowest BCUT2D eigenvalue weighted by molar-refractivity contribution is 0.303. The highest BCUT2D eigenvalue weighted by molar-refractivity contribution is 7.71. The Labute approximate surface area is 211 Å². The third-order valence-electron chi connectivity index (χ3n) is 5.49. The number of hydrogen-bond acceptors (Lipinski definition) is 4. The van der Waals surface area contributed by atoms with Crippen LogP contribution in [0.1, 0.15) is 11.1 Å². The van der Waals surface area contributed by atoms with Gasteiger partial charge in [0, 0.05) is 11.1 Å². The summed E-state index contributed by atoms with van der Waals surface area (Å²) in [5.41, 5.74) is 6.33. The number of aromatic nitrogens is 3. The summed E-state index contributed by atoms with van der Waals surface area (Å²) < 4.78 is 8.51. The number of benzene rings is 4. The fourth-order valence-electron chi connectivity index (χ4n) is 3.81. The van der Waals surface area contributed by atoms with E-state index < -0.39 is 0 Å². The van der Waals surface area contributed by atoms with Crippen molar-refractivity contribution in [3.8, 4) is 17.1 Å². The Kier molecular flexibility index (Phi) is 6.54. The molecule has 4 aromatic carbocycles. The number of fused-ring (bicyclic) bond motifs is 1. The zero-order valence-corrected chi connectivity index (χ0v) is 20.3. The Bertz CT molecular complexity index is 1510. The van der Waals surface area contributed by atoms with Crippen molar-refractivity contribution < 1.29 is 4.74 Å². The molecule has 0 fully saturated rings. The van der Waals surface area contributed by atoms with Crippen LogP contribution in [-0.4, -0.2) is 14.9 Å². The minimum atomic E-state index is 0.364. The van der Waals surface area contributed by atoms with Crippen LogP contribution < -0.4 is 10.2 Å². The zero-order chi connectivity index (χ0) is 23.5. The third kappa shape index (κ3) is 4.66. The number of halogens is 2. The molecule has 5 nitrogen and oxygen atoms in total. The lowest BCUT2D eigenvalue weighted by Gasteiger charge is -2.17. The molecule has 1 heterocycles. The zero-order valence-electron chi connectivity index (χ0n) is 18.0. The van der Waals surface area contributed by atoms with Gasteiger partial charge in [0.25, 0.3) is 0 Å². The fourth-order valence-corrected chi connectivity index (χ4v) is 4.32. The van der Waals surface area contributed by atoms with Crippen molar-refractivity contribution >= 4 is 46.2 Å². The van der Waals surface area contributed by atoms with E-state index >= 15 is 0 Å². The summed E-state index contributed by atoms with van der Waals surface area (Å²) in [5.74, 6) is 1.48. The van der Waals surface area contributed by atoms with E-state index in [1.54, 1.807) is 10.7 Å². The van der Waals surface area contributed by atoms with Gasteiger partial charge in [0.1, 0.15) is 12.4 Å². The van der Waals surface area contributed by atoms with E-state index in [0.29, 0.717) is 33.8 Å². The Hall–Kier alpha value is -3.32. The quantitative estimate of drug-likeness (QED) is 0.226. The molecule has 0 aliphatic heterocycles. The molecule has 0 unspecified atom stereocenters. The average molecular weight is 507 g/mol. The standard InChI is InChI=1S/C26H20Cl2N4OS/c27-22-12-10-17(14-23(22)28)16-33-24-13-11-18-6-4-5-9-20(18)21(24)15-29-32-25(30-31-26(32)34)19-7-2-1-3-8-19/h1-14,29H,15-16H2,(H,31,34). The number of rotatable bonds is 7. The molecule has 170 valence electrons. The van der Waals surface area contributed by atoms with E-state index in [2.05, 4.69) is 33.8 Å². The Morgan fingerprint density at radius 1 is 0.912 bits per heavy atom. The second-order valence-electron chi connectivity index (χ2n) is 7.69. The summed E-state index contributed by atoms with van der Waals surface area (Å²) in [6.07, 6.45) is 0. The normalized spacial score (nSPS) is 11.0. The molecule has 0 spiro atoms. The number of H-pyrrole nitrogens is 1. The number of nitrogens with zero attached hydrogens (tertiary/aromatic N) is 2. The molecule has 8 heteroatoms. The molecule has 0 radical (unpaired) electrons. The van der Waals surface area contributed by atoms with Crippen molar-refractivity contribution in [3.63, 3.8) is 0 Å². The maximum absolute atomic E-state index is 6.24. The minimum Gasteiger partial charge on any atom is -0.489 e. The third-order valence-corrected chi connectivity index (χ3v) is 6.51. The van der Waals surface area contributed by atoms with Gasteiger partial charge in [-0.05, 0) is 46.8 Å². The highest BCUT2D eigenvalue weighted by Gasteiger charge is 2.13. The molecule has 0 amide bonds. The van der Waals surface area contributed by atoms with Crippen LogP contribution in [0.3, 0.4) is 0 Å².